The van der Waals surface area contributed by atoms with Gasteiger partial charge in [0.2, 0.25) is 5.91 Å². The summed E-state index contributed by atoms with van der Waals surface area (Å²) in [5.41, 5.74) is 0. The Morgan fingerprint density at radius 2 is 2.05 bits per heavy atom. The smallest absolute Gasteiger partial charge is 0.222 e. The van der Waals surface area contributed by atoms with Crippen molar-refractivity contribution in [2.75, 3.05) is 59.1 Å². The first-order valence-corrected chi connectivity index (χ1v) is 8.24. The predicted molar refractivity (Wildman–Crippen MR) is 81.3 cm³/mol. The Balaban J connectivity index is 1.42. The lowest BCUT2D eigenvalue weighted by Crippen LogP contribution is -2.38. The average molecular weight is 299 g/mol. The summed E-state index contributed by atoms with van der Waals surface area (Å²) in [6, 6.07) is 0. The Kier molecular flexibility index (Phi) is 8.03. The van der Waals surface area contributed by atoms with Crippen LogP contribution in [0.2, 0.25) is 0 Å². The van der Waals surface area contributed by atoms with E-state index in [1.54, 1.807) is 0 Å². The molecule has 0 spiro atoms. The number of carbonyl (C=O) groups excluding carboxylic acids is 1. The monoisotopic (exact) mass is 299 g/mol. The van der Waals surface area contributed by atoms with Crippen molar-refractivity contribution < 1.29 is 14.3 Å². The number of carbonyl (C=O) groups is 1. The third-order valence-corrected chi connectivity index (χ3v) is 4.05. The number of nitrogens with zero attached hydrogens (tertiary/aromatic N) is 1. The van der Waals surface area contributed by atoms with E-state index in [1.165, 1.54) is 0 Å². The van der Waals surface area contributed by atoms with Crippen molar-refractivity contribution in [3.8, 4) is 0 Å². The summed E-state index contributed by atoms with van der Waals surface area (Å²) in [4.78, 5) is 14.1. The van der Waals surface area contributed by atoms with E-state index >= 15 is 0 Å². The van der Waals surface area contributed by atoms with Crippen molar-refractivity contribution in [2.24, 2.45) is 0 Å². The second-order valence-corrected chi connectivity index (χ2v) is 5.73. The number of hydrogen-bond donors (Lipinski definition) is 2. The highest BCUT2D eigenvalue weighted by atomic mass is 16.5. The summed E-state index contributed by atoms with van der Waals surface area (Å²) in [6.45, 7) is 8.08. The number of rotatable bonds is 8. The molecule has 0 unspecified atom stereocenters. The van der Waals surface area contributed by atoms with Gasteiger partial charge in [-0.1, -0.05) is 0 Å². The Hall–Kier alpha value is -0.690. The number of morpholine rings is 1. The third kappa shape index (κ3) is 7.22. The minimum Gasteiger partial charge on any atom is -0.379 e. The Morgan fingerprint density at radius 1 is 1.29 bits per heavy atom. The van der Waals surface area contributed by atoms with Crippen molar-refractivity contribution in [3.05, 3.63) is 0 Å². The molecule has 0 radical (unpaired) electrons. The fourth-order valence-corrected chi connectivity index (χ4v) is 2.72. The Bertz CT molecular complexity index is 290. The molecule has 0 atom stereocenters. The van der Waals surface area contributed by atoms with E-state index in [0.29, 0.717) is 19.1 Å². The molecule has 2 aliphatic heterocycles. The van der Waals surface area contributed by atoms with Crippen LogP contribution in [0.15, 0.2) is 0 Å². The quantitative estimate of drug-likeness (QED) is 0.617. The van der Waals surface area contributed by atoms with Crippen LogP contribution < -0.4 is 10.6 Å². The molecule has 122 valence electrons. The maximum absolute atomic E-state index is 11.7. The van der Waals surface area contributed by atoms with Crippen LogP contribution in [0, 0.1) is 0 Å². The van der Waals surface area contributed by atoms with Crippen LogP contribution in [0.3, 0.4) is 0 Å². The molecule has 2 fully saturated rings. The van der Waals surface area contributed by atoms with E-state index in [0.717, 1.165) is 71.7 Å². The minimum absolute atomic E-state index is 0.103. The molecule has 6 heteroatoms. The molecule has 0 aromatic carbocycles. The van der Waals surface area contributed by atoms with Gasteiger partial charge in [-0.2, -0.15) is 0 Å². The summed E-state index contributed by atoms with van der Waals surface area (Å²) in [6.07, 6.45) is 3.92. The molecular weight excluding hydrogens is 270 g/mol. The molecule has 2 heterocycles. The van der Waals surface area contributed by atoms with E-state index < -0.39 is 0 Å². The SMILES string of the molecule is O=C(CCOC1CCNCC1)NCCCN1CCOCC1. The van der Waals surface area contributed by atoms with Crippen molar-refractivity contribution >= 4 is 5.91 Å². The average Bonchev–Trinajstić information content (AvgIpc) is 2.54. The summed E-state index contributed by atoms with van der Waals surface area (Å²) in [5.74, 6) is 0.103. The van der Waals surface area contributed by atoms with Crippen molar-refractivity contribution in [1.82, 2.24) is 15.5 Å². The van der Waals surface area contributed by atoms with E-state index in [-0.39, 0.29) is 5.91 Å². The molecule has 0 aliphatic carbocycles. The van der Waals surface area contributed by atoms with Gasteiger partial charge in [0.1, 0.15) is 0 Å². The summed E-state index contributed by atoms with van der Waals surface area (Å²) >= 11 is 0. The van der Waals surface area contributed by atoms with Crippen LogP contribution in [-0.4, -0.2) is 76.0 Å². The molecule has 2 saturated heterocycles. The first kappa shape index (κ1) is 16.7. The molecule has 6 nitrogen and oxygen atoms in total. The second-order valence-electron chi connectivity index (χ2n) is 5.73. The van der Waals surface area contributed by atoms with E-state index in [4.69, 9.17) is 9.47 Å². The van der Waals surface area contributed by atoms with Crippen LogP contribution in [0.5, 0.6) is 0 Å². The highest BCUT2D eigenvalue weighted by Gasteiger charge is 2.13. The summed E-state index contributed by atoms with van der Waals surface area (Å²) in [7, 11) is 0. The highest BCUT2D eigenvalue weighted by Crippen LogP contribution is 2.07. The molecule has 0 aromatic heterocycles. The summed E-state index contributed by atoms with van der Waals surface area (Å²) in [5, 5.41) is 6.27. The van der Waals surface area contributed by atoms with Gasteiger partial charge in [-0.3, -0.25) is 9.69 Å². The first-order valence-electron chi connectivity index (χ1n) is 8.24. The van der Waals surface area contributed by atoms with Crippen molar-refractivity contribution in [2.45, 2.75) is 31.8 Å². The van der Waals surface area contributed by atoms with Crippen LogP contribution in [0.4, 0.5) is 0 Å². The number of ether oxygens (including phenoxy) is 2. The van der Waals surface area contributed by atoms with Gasteiger partial charge in [-0.05, 0) is 38.9 Å². The maximum Gasteiger partial charge on any atom is 0.222 e. The molecule has 1 amide bonds. The van der Waals surface area contributed by atoms with Crippen molar-refractivity contribution in [1.29, 1.82) is 0 Å². The standard InChI is InChI=1S/C15H29N3O3/c19-15(4-11-21-14-2-6-16-7-3-14)17-5-1-8-18-9-12-20-13-10-18/h14,16H,1-13H2,(H,17,19). The predicted octanol–water partition coefficient (Wildman–Crippen LogP) is -0.0164. The topological polar surface area (TPSA) is 62.8 Å². The van der Waals surface area contributed by atoms with Gasteiger partial charge in [-0.25, -0.2) is 0 Å². The van der Waals surface area contributed by atoms with Crippen LogP contribution in [0.25, 0.3) is 0 Å². The zero-order valence-corrected chi connectivity index (χ0v) is 12.9. The number of nitrogens with one attached hydrogen (secondary N) is 2. The molecule has 0 bridgehead atoms. The lowest BCUT2D eigenvalue weighted by atomic mass is 10.1. The largest absolute Gasteiger partial charge is 0.379 e. The molecule has 2 aliphatic rings. The lowest BCUT2D eigenvalue weighted by Gasteiger charge is -2.26. The second kappa shape index (κ2) is 10.1. The molecule has 2 rings (SSSR count). The van der Waals surface area contributed by atoms with Crippen LogP contribution in [-0.2, 0) is 14.3 Å². The number of piperidine rings is 1. The van der Waals surface area contributed by atoms with Gasteiger partial charge in [0.05, 0.1) is 25.9 Å². The third-order valence-electron chi connectivity index (χ3n) is 4.05. The first-order chi connectivity index (χ1) is 10.3. The fourth-order valence-electron chi connectivity index (χ4n) is 2.72. The minimum atomic E-state index is 0.103. The van der Waals surface area contributed by atoms with Gasteiger partial charge in [0, 0.05) is 26.1 Å². The summed E-state index contributed by atoms with van der Waals surface area (Å²) < 4.78 is 11.0. The molecule has 0 aromatic rings. The maximum atomic E-state index is 11.7. The van der Waals surface area contributed by atoms with E-state index in [1.807, 2.05) is 0 Å². The zero-order valence-electron chi connectivity index (χ0n) is 12.9. The molecular formula is C15H29N3O3. The molecule has 21 heavy (non-hydrogen) atoms. The Morgan fingerprint density at radius 3 is 2.81 bits per heavy atom. The van der Waals surface area contributed by atoms with Gasteiger partial charge in [0.15, 0.2) is 0 Å². The number of amides is 1. The lowest BCUT2D eigenvalue weighted by molar-refractivity contribution is -0.122. The molecule has 0 saturated carbocycles. The normalized spacial score (nSPS) is 21.3. The van der Waals surface area contributed by atoms with E-state index in [9.17, 15) is 4.79 Å². The van der Waals surface area contributed by atoms with Crippen LogP contribution >= 0.6 is 0 Å². The van der Waals surface area contributed by atoms with E-state index in [2.05, 4.69) is 15.5 Å². The fraction of sp³-hybridized carbons (Fsp3) is 0.933. The molecule has 2 N–H and O–H groups in total. The van der Waals surface area contributed by atoms with Crippen LogP contribution in [0.1, 0.15) is 25.7 Å². The number of hydrogen-bond acceptors (Lipinski definition) is 5. The van der Waals surface area contributed by atoms with Gasteiger partial charge in [-0.15, -0.1) is 0 Å². The zero-order chi connectivity index (χ0) is 14.8. The highest BCUT2D eigenvalue weighted by molar-refractivity contribution is 5.75. The van der Waals surface area contributed by atoms with Gasteiger partial charge in [0.25, 0.3) is 0 Å². The van der Waals surface area contributed by atoms with Crippen molar-refractivity contribution in [3.63, 3.8) is 0 Å². The Labute approximate surface area is 127 Å². The van der Waals surface area contributed by atoms with Gasteiger partial charge >= 0.3 is 0 Å². The van der Waals surface area contributed by atoms with Gasteiger partial charge < -0.3 is 20.1 Å².